The van der Waals surface area contributed by atoms with Crippen molar-refractivity contribution in [3.63, 3.8) is 0 Å². The molecule has 0 radical (unpaired) electrons. The Bertz CT molecular complexity index is 1240. The van der Waals surface area contributed by atoms with Gasteiger partial charge in [-0.15, -0.1) is 0 Å². The van der Waals surface area contributed by atoms with Crippen LogP contribution in [0.15, 0.2) is 42.0 Å². The van der Waals surface area contributed by atoms with Crippen molar-refractivity contribution in [2.45, 2.75) is 63.7 Å². The minimum Gasteiger partial charge on any atom is -0.373 e. The van der Waals surface area contributed by atoms with Crippen LogP contribution in [-0.2, 0) is 33.2 Å². The van der Waals surface area contributed by atoms with Crippen molar-refractivity contribution < 1.29 is 45.6 Å². The number of anilines is 1. The molecular formula is C27H26F6N2O4. The van der Waals surface area contributed by atoms with Gasteiger partial charge in [0.25, 0.3) is 0 Å². The van der Waals surface area contributed by atoms with E-state index in [9.17, 15) is 40.7 Å². The van der Waals surface area contributed by atoms with Gasteiger partial charge in [0.05, 0.1) is 11.1 Å². The molecule has 0 fully saturated rings. The van der Waals surface area contributed by atoms with Gasteiger partial charge < -0.3 is 10.2 Å². The molecule has 0 spiro atoms. The first kappa shape index (κ1) is 29.9. The number of hydrogen-bond donors (Lipinski definition) is 2. The number of halogens is 6. The summed E-state index contributed by atoms with van der Waals surface area (Å²) in [6, 6.07) is 5.82. The lowest BCUT2D eigenvalue weighted by atomic mass is 9.85. The van der Waals surface area contributed by atoms with Crippen LogP contribution in [0.4, 0.5) is 32.0 Å². The molecule has 0 saturated carbocycles. The van der Waals surface area contributed by atoms with Crippen LogP contribution in [0.2, 0.25) is 0 Å². The summed E-state index contributed by atoms with van der Waals surface area (Å²) in [6.45, 7) is 0. The fourth-order valence-electron chi connectivity index (χ4n) is 4.25. The van der Waals surface area contributed by atoms with Crippen LogP contribution in [0.1, 0.15) is 77.6 Å². The van der Waals surface area contributed by atoms with E-state index in [0.29, 0.717) is 42.6 Å². The van der Waals surface area contributed by atoms with E-state index in [0.717, 1.165) is 18.9 Å². The summed E-state index contributed by atoms with van der Waals surface area (Å²) < 4.78 is 79.0. The topological polar surface area (TPSA) is 98.5 Å². The highest BCUT2D eigenvalue weighted by atomic mass is 19.4. The number of unbranched alkanes of at least 4 members (excludes halogenated alkanes) is 3. The second-order valence-electron chi connectivity index (χ2n) is 9.16. The van der Waals surface area contributed by atoms with Gasteiger partial charge in [0.15, 0.2) is 5.78 Å². The molecule has 0 saturated heterocycles. The first-order valence-electron chi connectivity index (χ1n) is 12.1. The SMILES string of the molecule is NOC(=O)CCCCCCC(=O)Nc1ccc2c(c1)CC/C(=C\c1cc(C(F)(F)F)cc(C(F)(F)F)c1)C2=O. The molecule has 6 nitrogen and oxygen atoms in total. The maximum absolute atomic E-state index is 13.2. The predicted molar refractivity (Wildman–Crippen MR) is 130 cm³/mol. The second kappa shape index (κ2) is 12.5. The fourth-order valence-corrected chi connectivity index (χ4v) is 4.25. The summed E-state index contributed by atoms with van der Waals surface area (Å²) in [5.41, 5.74) is -1.84. The van der Waals surface area contributed by atoms with Crippen LogP contribution in [0.5, 0.6) is 0 Å². The van der Waals surface area contributed by atoms with E-state index in [1.807, 2.05) is 0 Å². The normalized spacial score (nSPS) is 14.7. The van der Waals surface area contributed by atoms with Gasteiger partial charge >= 0.3 is 18.3 Å². The Morgan fingerprint density at radius 1 is 0.872 bits per heavy atom. The summed E-state index contributed by atoms with van der Waals surface area (Å²) in [7, 11) is 0. The highest BCUT2D eigenvalue weighted by molar-refractivity contribution is 6.13. The average Bonchev–Trinajstić information content (AvgIpc) is 2.86. The van der Waals surface area contributed by atoms with Gasteiger partial charge in [0.2, 0.25) is 5.91 Å². The molecule has 2 aromatic rings. The minimum atomic E-state index is -4.99. The minimum absolute atomic E-state index is 0.0385. The van der Waals surface area contributed by atoms with Gasteiger partial charge in [-0.1, -0.05) is 12.8 Å². The molecule has 12 heteroatoms. The molecular weight excluding hydrogens is 530 g/mol. The lowest BCUT2D eigenvalue weighted by molar-refractivity contribution is -0.145. The molecule has 210 valence electrons. The fraction of sp³-hybridized carbons (Fsp3) is 0.370. The number of allylic oxidation sites excluding steroid dienone is 1. The Kier molecular flexibility index (Phi) is 9.54. The summed E-state index contributed by atoms with van der Waals surface area (Å²) in [5.74, 6) is 3.53. The van der Waals surface area contributed by atoms with Crippen molar-refractivity contribution in [2.24, 2.45) is 5.90 Å². The van der Waals surface area contributed by atoms with Gasteiger partial charge in [0.1, 0.15) is 0 Å². The maximum Gasteiger partial charge on any atom is 0.416 e. The quantitative estimate of drug-likeness (QED) is 0.156. The number of hydrogen-bond acceptors (Lipinski definition) is 5. The summed E-state index contributed by atoms with van der Waals surface area (Å²) in [6.07, 6.45) is -5.36. The molecule has 0 aromatic heterocycles. The number of ketones is 1. The second-order valence-corrected chi connectivity index (χ2v) is 9.16. The molecule has 1 aliphatic carbocycles. The lowest BCUT2D eigenvalue weighted by Gasteiger charge is -2.19. The van der Waals surface area contributed by atoms with E-state index < -0.39 is 35.2 Å². The van der Waals surface area contributed by atoms with Crippen LogP contribution < -0.4 is 11.2 Å². The highest BCUT2D eigenvalue weighted by Gasteiger charge is 2.37. The molecule has 39 heavy (non-hydrogen) atoms. The standard InChI is InChI=1S/C27H26F6N2O4/c28-26(29,30)19-12-16(13-20(15-19)27(31,32)33)11-18-8-7-17-14-21(9-10-22(17)25(18)38)35-23(36)5-3-1-2-4-6-24(37)39-34/h9-15H,1-8,34H2,(H,35,36)/b18-11+. The van der Waals surface area contributed by atoms with E-state index in [1.54, 1.807) is 6.07 Å². The lowest BCUT2D eigenvalue weighted by Crippen LogP contribution is -2.16. The summed E-state index contributed by atoms with van der Waals surface area (Å²) >= 11 is 0. The molecule has 1 aliphatic rings. The maximum atomic E-state index is 13.2. The molecule has 0 atom stereocenters. The Balaban J connectivity index is 1.66. The van der Waals surface area contributed by atoms with Crippen LogP contribution in [0.3, 0.4) is 0 Å². The molecule has 3 rings (SSSR count). The molecule has 1 amide bonds. The van der Waals surface area contributed by atoms with Crippen LogP contribution in [-0.4, -0.2) is 17.7 Å². The van der Waals surface area contributed by atoms with Crippen molar-refractivity contribution in [3.05, 3.63) is 69.8 Å². The van der Waals surface area contributed by atoms with Crippen molar-refractivity contribution in [1.82, 2.24) is 0 Å². The van der Waals surface area contributed by atoms with Crippen LogP contribution in [0, 0.1) is 0 Å². The number of alkyl halides is 6. The number of aryl methyl sites for hydroxylation is 1. The van der Waals surface area contributed by atoms with Gasteiger partial charge in [-0.2, -0.15) is 32.2 Å². The van der Waals surface area contributed by atoms with Crippen molar-refractivity contribution in [1.29, 1.82) is 0 Å². The summed E-state index contributed by atoms with van der Waals surface area (Å²) in [5, 5.41) is 2.75. The summed E-state index contributed by atoms with van der Waals surface area (Å²) in [4.78, 5) is 40.2. The Labute approximate surface area is 220 Å². The van der Waals surface area contributed by atoms with Gasteiger partial charge in [-0.3, -0.25) is 14.4 Å². The molecule has 0 aliphatic heterocycles. The van der Waals surface area contributed by atoms with Crippen LogP contribution >= 0.6 is 0 Å². The van der Waals surface area contributed by atoms with E-state index >= 15 is 0 Å². The van der Waals surface area contributed by atoms with E-state index in [2.05, 4.69) is 10.2 Å². The molecule has 0 heterocycles. The Hall–Kier alpha value is -3.67. The van der Waals surface area contributed by atoms with E-state index in [-0.39, 0.29) is 47.9 Å². The van der Waals surface area contributed by atoms with Crippen molar-refractivity contribution in [2.75, 3.05) is 5.32 Å². The first-order valence-corrected chi connectivity index (χ1v) is 12.1. The third-order valence-electron chi connectivity index (χ3n) is 6.21. The Morgan fingerprint density at radius 3 is 2.08 bits per heavy atom. The number of fused-ring (bicyclic) bond motifs is 1. The smallest absolute Gasteiger partial charge is 0.373 e. The third kappa shape index (κ3) is 8.41. The first-order chi connectivity index (χ1) is 18.3. The predicted octanol–water partition coefficient (Wildman–Crippen LogP) is 6.63. The molecule has 0 unspecified atom stereocenters. The molecule has 0 bridgehead atoms. The number of Topliss-reactive ketones (excluding diaryl/α,β-unsaturated/α-hetero) is 1. The Morgan fingerprint density at radius 2 is 1.49 bits per heavy atom. The van der Waals surface area contributed by atoms with Gasteiger partial charge in [0, 0.05) is 29.7 Å². The number of carbonyl (C=O) groups is 3. The van der Waals surface area contributed by atoms with Crippen LogP contribution in [0.25, 0.3) is 6.08 Å². The highest BCUT2D eigenvalue weighted by Crippen LogP contribution is 2.37. The number of benzene rings is 2. The van der Waals surface area contributed by atoms with E-state index in [1.165, 1.54) is 12.1 Å². The van der Waals surface area contributed by atoms with Gasteiger partial charge in [-0.25, -0.2) is 0 Å². The zero-order valence-corrected chi connectivity index (χ0v) is 20.7. The van der Waals surface area contributed by atoms with Crippen molar-refractivity contribution in [3.8, 4) is 0 Å². The average molecular weight is 557 g/mol. The van der Waals surface area contributed by atoms with Gasteiger partial charge in [-0.05, 0) is 79.3 Å². The number of rotatable bonds is 9. The zero-order chi connectivity index (χ0) is 28.8. The number of nitrogens with two attached hydrogens (primary N) is 1. The molecule has 2 aromatic carbocycles. The number of carbonyl (C=O) groups excluding carboxylic acids is 3. The zero-order valence-electron chi connectivity index (χ0n) is 20.7. The van der Waals surface area contributed by atoms with E-state index in [4.69, 9.17) is 5.90 Å². The van der Waals surface area contributed by atoms with Crippen molar-refractivity contribution >= 4 is 29.4 Å². The number of nitrogens with one attached hydrogen (secondary N) is 1. The molecule has 3 N–H and O–H groups in total. The monoisotopic (exact) mass is 556 g/mol. The third-order valence-corrected chi connectivity index (χ3v) is 6.21. The largest absolute Gasteiger partial charge is 0.416 e. The number of amides is 1.